The van der Waals surface area contributed by atoms with E-state index in [1.165, 1.54) is 4.88 Å². The lowest BCUT2D eigenvalue weighted by atomic mass is 10.2. The number of anilines is 1. The van der Waals surface area contributed by atoms with Gasteiger partial charge in [0.05, 0.1) is 6.54 Å². The predicted molar refractivity (Wildman–Crippen MR) is 91.2 cm³/mol. The molecule has 2 amide bonds. The molecule has 0 aliphatic rings. The van der Waals surface area contributed by atoms with E-state index in [0.717, 1.165) is 11.4 Å². The van der Waals surface area contributed by atoms with Gasteiger partial charge in [0.1, 0.15) is 5.82 Å². The molecule has 118 valence electrons. The number of carbonyl (C=O) groups excluding carboxylic acids is 1. The maximum Gasteiger partial charge on any atom is 0.317 e. The summed E-state index contributed by atoms with van der Waals surface area (Å²) in [6.45, 7) is 3.79. The van der Waals surface area contributed by atoms with Crippen LogP contribution >= 0.6 is 11.3 Å². The van der Waals surface area contributed by atoms with Crippen molar-refractivity contribution in [1.82, 2.24) is 15.2 Å². The van der Waals surface area contributed by atoms with Gasteiger partial charge >= 0.3 is 6.03 Å². The number of thiophene rings is 1. The van der Waals surface area contributed by atoms with Gasteiger partial charge in [-0.3, -0.25) is 0 Å². The van der Waals surface area contributed by atoms with E-state index in [2.05, 4.69) is 10.3 Å². The molecule has 0 radical (unpaired) electrons. The van der Waals surface area contributed by atoms with Crippen molar-refractivity contribution < 1.29 is 4.79 Å². The summed E-state index contributed by atoms with van der Waals surface area (Å²) in [6, 6.07) is 7.87. The van der Waals surface area contributed by atoms with Crippen LogP contribution in [0.25, 0.3) is 0 Å². The Morgan fingerprint density at radius 3 is 2.77 bits per heavy atom. The molecular formula is C16H22N4OS. The van der Waals surface area contributed by atoms with Gasteiger partial charge in [0.25, 0.3) is 0 Å². The highest BCUT2D eigenvalue weighted by molar-refractivity contribution is 7.09. The van der Waals surface area contributed by atoms with E-state index in [1.54, 1.807) is 22.4 Å². The molecule has 0 aliphatic heterocycles. The average molecular weight is 318 g/mol. The van der Waals surface area contributed by atoms with Crippen molar-refractivity contribution in [2.75, 3.05) is 25.5 Å². The Morgan fingerprint density at radius 2 is 2.14 bits per heavy atom. The lowest BCUT2D eigenvalue weighted by Gasteiger charge is -2.22. The molecule has 22 heavy (non-hydrogen) atoms. The Hall–Kier alpha value is -2.08. The maximum absolute atomic E-state index is 12.3. The number of hydrogen-bond acceptors (Lipinski definition) is 4. The molecule has 6 heteroatoms. The van der Waals surface area contributed by atoms with Crippen LogP contribution in [0.3, 0.4) is 0 Å². The van der Waals surface area contributed by atoms with Crippen LogP contribution in [0.15, 0.2) is 35.8 Å². The van der Waals surface area contributed by atoms with Crippen molar-refractivity contribution in [2.45, 2.75) is 20.0 Å². The fourth-order valence-corrected chi connectivity index (χ4v) is 2.89. The third kappa shape index (κ3) is 4.21. The lowest BCUT2D eigenvalue weighted by molar-refractivity contribution is 0.198. The minimum atomic E-state index is -0.0514. The van der Waals surface area contributed by atoms with Crippen molar-refractivity contribution in [2.24, 2.45) is 0 Å². The number of urea groups is 1. The lowest BCUT2D eigenvalue weighted by Crippen LogP contribution is -2.39. The van der Waals surface area contributed by atoms with E-state index in [-0.39, 0.29) is 6.03 Å². The van der Waals surface area contributed by atoms with Crippen LogP contribution in [0.4, 0.5) is 10.6 Å². The Labute approximate surface area is 135 Å². The van der Waals surface area contributed by atoms with E-state index in [1.807, 2.05) is 55.6 Å². The van der Waals surface area contributed by atoms with Crippen molar-refractivity contribution in [3.8, 4) is 0 Å². The number of amides is 2. The Balaban J connectivity index is 1.96. The van der Waals surface area contributed by atoms with Crippen molar-refractivity contribution in [3.05, 3.63) is 46.3 Å². The third-order valence-electron chi connectivity index (χ3n) is 3.32. The Kier molecular flexibility index (Phi) is 5.77. The summed E-state index contributed by atoms with van der Waals surface area (Å²) in [5, 5.41) is 5.01. The SMILES string of the molecule is CCN(Cc1cccs1)C(=O)NCc1cccnc1N(C)C. The molecule has 2 rings (SSSR count). The van der Waals surface area contributed by atoms with E-state index in [4.69, 9.17) is 0 Å². The monoisotopic (exact) mass is 318 g/mol. The predicted octanol–water partition coefficient (Wildman–Crippen LogP) is 2.94. The smallest absolute Gasteiger partial charge is 0.317 e. The summed E-state index contributed by atoms with van der Waals surface area (Å²) in [5.74, 6) is 0.879. The van der Waals surface area contributed by atoms with Gasteiger partial charge in [0.2, 0.25) is 0 Å². The second-order valence-corrected chi connectivity index (χ2v) is 6.17. The largest absolute Gasteiger partial charge is 0.362 e. The van der Waals surface area contributed by atoms with E-state index in [9.17, 15) is 4.79 Å². The van der Waals surface area contributed by atoms with Crippen LogP contribution in [0.5, 0.6) is 0 Å². The van der Waals surface area contributed by atoms with Gasteiger partial charge in [-0.2, -0.15) is 0 Å². The zero-order valence-electron chi connectivity index (χ0n) is 13.2. The molecule has 0 fully saturated rings. The molecule has 2 aromatic rings. The zero-order valence-corrected chi connectivity index (χ0v) is 14.1. The molecule has 0 saturated carbocycles. The summed E-state index contributed by atoms with van der Waals surface area (Å²) >= 11 is 1.67. The molecule has 0 aromatic carbocycles. The minimum absolute atomic E-state index is 0.0514. The Morgan fingerprint density at radius 1 is 1.32 bits per heavy atom. The maximum atomic E-state index is 12.3. The normalized spacial score (nSPS) is 10.3. The van der Waals surface area contributed by atoms with Crippen molar-refractivity contribution in [1.29, 1.82) is 0 Å². The van der Waals surface area contributed by atoms with Gasteiger partial charge < -0.3 is 15.1 Å². The highest BCUT2D eigenvalue weighted by atomic mass is 32.1. The average Bonchev–Trinajstić information content (AvgIpc) is 3.03. The van der Waals surface area contributed by atoms with Crippen LogP contribution < -0.4 is 10.2 Å². The van der Waals surface area contributed by atoms with Gasteiger partial charge in [0.15, 0.2) is 0 Å². The first-order valence-electron chi connectivity index (χ1n) is 7.28. The van der Waals surface area contributed by atoms with E-state index < -0.39 is 0 Å². The van der Waals surface area contributed by atoms with E-state index >= 15 is 0 Å². The fourth-order valence-electron chi connectivity index (χ4n) is 2.17. The molecular weight excluding hydrogens is 296 g/mol. The second-order valence-electron chi connectivity index (χ2n) is 5.13. The van der Waals surface area contributed by atoms with Gasteiger partial charge in [0, 0.05) is 43.8 Å². The summed E-state index contributed by atoms with van der Waals surface area (Å²) < 4.78 is 0. The fraction of sp³-hybridized carbons (Fsp3) is 0.375. The van der Waals surface area contributed by atoms with Crippen LogP contribution in [0.1, 0.15) is 17.4 Å². The molecule has 5 nitrogen and oxygen atoms in total. The van der Waals surface area contributed by atoms with Crippen molar-refractivity contribution >= 4 is 23.2 Å². The quantitative estimate of drug-likeness (QED) is 0.891. The summed E-state index contributed by atoms with van der Waals surface area (Å²) in [5.41, 5.74) is 1.01. The number of pyridine rings is 1. The number of carbonyl (C=O) groups is 1. The first-order chi connectivity index (χ1) is 10.6. The molecule has 0 unspecified atom stereocenters. The molecule has 1 N–H and O–H groups in total. The Bertz CT molecular complexity index is 598. The van der Waals surface area contributed by atoms with E-state index in [0.29, 0.717) is 19.6 Å². The standard InChI is InChI=1S/C16H22N4OS/c1-4-20(12-14-8-6-10-22-14)16(21)18-11-13-7-5-9-17-15(13)19(2)3/h5-10H,4,11-12H2,1-3H3,(H,18,21). The van der Waals surface area contributed by atoms with Crippen LogP contribution in [0.2, 0.25) is 0 Å². The molecule has 0 aliphatic carbocycles. The highest BCUT2D eigenvalue weighted by Gasteiger charge is 2.13. The molecule has 0 saturated heterocycles. The van der Waals surface area contributed by atoms with Crippen LogP contribution in [-0.2, 0) is 13.1 Å². The molecule has 2 heterocycles. The topological polar surface area (TPSA) is 48.5 Å². The minimum Gasteiger partial charge on any atom is -0.362 e. The summed E-state index contributed by atoms with van der Waals surface area (Å²) in [6.07, 6.45) is 1.76. The number of nitrogens with zero attached hydrogens (tertiary/aromatic N) is 3. The van der Waals surface area contributed by atoms with Crippen LogP contribution in [-0.4, -0.2) is 36.6 Å². The summed E-state index contributed by atoms with van der Waals surface area (Å²) in [4.78, 5) is 21.6. The molecule has 0 atom stereocenters. The highest BCUT2D eigenvalue weighted by Crippen LogP contribution is 2.15. The van der Waals surface area contributed by atoms with Crippen molar-refractivity contribution in [3.63, 3.8) is 0 Å². The first kappa shape index (κ1) is 16.3. The van der Waals surface area contributed by atoms with Gasteiger partial charge in [-0.15, -0.1) is 11.3 Å². The number of aromatic nitrogens is 1. The second kappa shape index (κ2) is 7.79. The number of rotatable bonds is 6. The number of hydrogen-bond donors (Lipinski definition) is 1. The molecule has 2 aromatic heterocycles. The van der Waals surface area contributed by atoms with Gasteiger partial charge in [-0.05, 0) is 24.4 Å². The first-order valence-corrected chi connectivity index (χ1v) is 8.16. The van der Waals surface area contributed by atoms with Crippen LogP contribution in [0, 0.1) is 0 Å². The van der Waals surface area contributed by atoms with Gasteiger partial charge in [-0.1, -0.05) is 12.1 Å². The van der Waals surface area contributed by atoms with Gasteiger partial charge in [-0.25, -0.2) is 9.78 Å². The number of nitrogens with one attached hydrogen (secondary N) is 1. The molecule has 0 bridgehead atoms. The third-order valence-corrected chi connectivity index (χ3v) is 4.18. The summed E-state index contributed by atoms with van der Waals surface area (Å²) in [7, 11) is 3.89. The zero-order chi connectivity index (χ0) is 15.9. The molecule has 0 spiro atoms.